The molecule has 5 heteroatoms. The van der Waals surface area contributed by atoms with Gasteiger partial charge in [-0.15, -0.1) is 0 Å². The first kappa shape index (κ1) is 13.4. The molecule has 0 aromatic carbocycles. The van der Waals surface area contributed by atoms with Gasteiger partial charge in [-0.1, -0.05) is 20.8 Å². The van der Waals surface area contributed by atoms with Gasteiger partial charge in [0.05, 0.1) is 0 Å². The van der Waals surface area contributed by atoms with E-state index in [0.717, 1.165) is 37.0 Å². The highest BCUT2D eigenvalue weighted by molar-refractivity contribution is 7.09. The Morgan fingerprint density at radius 2 is 2.00 bits per heavy atom. The van der Waals surface area contributed by atoms with Crippen molar-refractivity contribution in [2.75, 3.05) is 25.0 Å². The minimum absolute atomic E-state index is 0.414. The molecule has 1 unspecified atom stereocenters. The Kier molecular flexibility index (Phi) is 5.69. The van der Waals surface area contributed by atoms with Crippen LogP contribution in [-0.2, 0) is 6.42 Å². The van der Waals surface area contributed by atoms with E-state index in [9.17, 15) is 0 Å². The zero-order valence-electron chi connectivity index (χ0n) is 10.7. The van der Waals surface area contributed by atoms with E-state index in [1.165, 1.54) is 11.5 Å². The van der Waals surface area contributed by atoms with E-state index in [0.29, 0.717) is 6.04 Å². The molecule has 0 saturated heterocycles. The third-order valence-electron chi connectivity index (χ3n) is 2.58. The van der Waals surface area contributed by atoms with E-state index in [4.69, 9.17) is 0 Å². The molecular formula is C11H22N4S. The average Bonchev–Trinajstić information content (AvgIpc) is 2.73. The molecule has 1 heterocycles. The predicted octanol–water partition coefficient (Wildman–Crippen LogP) is 2.24. The number of anilines is 1. The first-order valence-corrected chi connectivity index (χ1v) is 6.78. The standard InChI is InChI=1S/C11H22N4S/c1-5-10-13-11(16-14-10)12-9(4)8-15(6-2)7-3/h9H,5-8H2,1-4H3,(H,12,13,14). The Morgan fingerprint density at radius 1 is 1.31 bits per heavy atom. The van der Waals surface area contributed by atoms with Gasteiger partial charge in [0.2, 0.25) is 5.13 Å². The van der Waals surface area contributed by atoms with Gasteiger partial charge in [-0.2, -0.15) is 4.37 Å². The van der Waals surface area contributed by atoms with Crippen molar-refractivity contribution in [1.82, 2.24) is 14.3 Å². The topological polar surface area (TPSA) is 41.1 Å². The number of likely N-dealkylation sites (N-methyl/N-ethyl adjacent to an activating group) is 1. The van der Waals surface area contributed by atoms with Crippen molar-refractivity contribution in [1.29, 1.82) is 0 Å². The molecule has 0 fully saturated rings. The minimum atomic E-state index is 0.414. The van der Waals surface area contributed by atoms with Gasteiger partial charge in [-0.05, 0) is 20.0 Å². The van der Waals surface area contributed by atoms with Crippen LogP contribution in [0.5, 0.6) is 0 Å². The largest absolute Gasteiger partial charge is 0.357 e. The maximum atomic E-state index is 4.41. The van der Waals surface area contributed by atoms with Crippen LogP contribution in [0.15, 0.2) is 0 Å². The summed E-state index contributed by atoms with van der Waals surface area (Å²) in [6.45, 7) is 11.9. The summed E-state index contributed by atoms with van der Waals surface area (Å²) in [6, 6.07) is 0.414. The molecule has 1 aromatic rings. The van der Waals surface area contributed by atoms with Crippen LogP contribution in [0.25, 0.3) is 0 Å². The Hall–Kier alpha value is -0.680. The van der Waals surface area contributed by atoms with E-state index >= 15 is 0 Å². The van der Waals surface area contributed by atoms with Gasteiger partial charge in [-0.3, -0.25) is 0 Å². The molecule has 16 heavy (non-hydrogen) atoms. The molecule has 0 saturated carbocycles. The highest BCUT2D eigenvalue weighted by atomic mass is 32.1. The van der Waals surface area contributed by atoms with Crippen molar-refractivity contribution in [3.8, 4) is 0 Å². The van der Waals surface area contributed by atoms with Crippen molar-refractivity contribution in [2.24, 2.45) is 0 Å². The van der Waals surface area contributed by atoms with Crippen molar-refractivity contribution in [2.45, 2.75) is 40.2 Å². The number of hydrogen-bond acceptors (Lipinski definition) is 5. The van der Waals surface area contributed by atoms with Gasteiger partial charge in [0, 0.05) is 30.5 Å². The molecular weight excluding hydrogens is 220 g/mol. The highest BCUT2D eigenvalue weighted by Crippen LogP contribution is 2.12. The van der Waals surface area contributed by atoms with Crippen molar-refractivity contribution >= 4 is 16.7 Å². The molecule has 0 amide bonds. The summed E-state index contributed by atoms with van der Waals surface area (Å²) in [4.78, 5) is 6.81. The molecule has 1 aromatic heterocycles. The summed E-state index contributed by atoms with van der Waals surface area (Å²) < 4.78 is 4.26. The lowest BCUT2D eigenvalue weighted by atomic mass is 10.3. The second-order valence-corrected chi connectivity index (χ2v) is 4.65. The number of hydrogen-bond donors (Lipinski definition) is 1. The summed E-state index contributed by atoms with van der Waals surface area (Å²) in [6.07, 6.45) is 0.905. The van der Waals surface area contributed by atoms with Crippen LogP contribution in [0, 0.1) is 0 Å². The zero-order chi connectivity index (χ0) is 12.0. The van der Waals surface area contributed by atoms with Crippen molar-refractivity contribution in [3.63, 3.8) is 0 Å². The Labute approximate surface area is 102 Å². The monoisotopic (exact) mass is 242 g/mol. The van der Waals surface area contributed by atoms with Crippen LogP contribution in [0.3, 0.4) is 0 Å². The van der Waals surface area contributed by atoms with E-state index < -0.39 is 0 Å². The molecule has 0 aliphatic rings. The number of nitrogens with one attached hydrogen (secondary N) is 1. The molecule has 0 aliphatic heterocycles. The number of nitrogens with zero attached hydrogens (tertiary/aromatic N) is 3. The minimum Gasteiger partial charge on any atom is -0.357 e. The SMILES string of the molecule is CCc1nsc(NC(C)CN(CC)CC)n1. The molecule has 0 aliphatic carbocycles. The second kappa shape index (κ2) is 6.81. The fourth-order valence-corrected chi connectivity index (χ4v) is 2.34. The number of aryl methyl sites for hydroxylation is 1. The lowest BCUT2D eigenvalue weighted by Crippen LogP contribution is -2.34. The fourth-order valence-electron chi connectivity index (χ4n) is 1.58. The van der Waals surface area contributed by atoms with Gasteiger partial charge < -0.3 is 10.2 Å². The van der Waals surface area contributed by atoms with E-state index in [1.807, 2.05) is 0 Å². The normalized spacial score (nSPS) is 13.1. The Balaban J connectivity index is 2.41. The van der Waals surface area contributed by atoms with Gasteiger partial charge in [0.15, 0.2) is 0 Å². The van der Waals surface area contributed by atoms with Crippen molar-refractivity contribution < 1.29 is 0 Å². The quantitative estimate of drug-likeness (QED) is 0.796. The molecule has 0 radical (unpaired) electrons. The molecule has 1 atom stereocenters. The Morgan fingerprint density at radius 3 is 2.50 bits per heavy atom. The van der Waals surface area contributed by atoms with Crippen molar-refractivity contribution in [3.05, 3.63) is 5.82 Å². The third-order valence-corrected chi connectivity index (χ3v) is 3.26. The van der Waals surface area contributed by atoms with Crippen LogP contribution >= 0.6 is 11.5 Å². The van der Waals surface area contributed by atoms with Crippen LogP contribution in [-0.4, -0.2) is 39.9 Å². The van der Waals surface area contributed by atoms with Gasteiger partial charge in [0.1, 0.15) is 5.82 Å². The Bertz CT molecular complexity index is 296. The number of rotatable bonds is 7. The highest BCUT2D eigenvalue weighted by Gasteiger charge is 2.09. The summed E-state index contributed by atoms with van der Waals surface area (Å²) in [5.74, 6) is 0.933. The van der Waals surface area contributed by atoms with Gasteiger partial charge in [0.25, 0.3) is 0 Å². The second-order valence-electron chi connectivity index (χ2n) is 3.90. The summed E-state index contributed by atoms with van der Waals surface area (Å²) in [5.41, 5.74) is 0. The molecule has 1 N–H and O–H groups in total. The average molecular weight is 242 g/mol. The smallest absolute Gasteiger partial charge is 0.202 e. The lowest BCUT2D eigenvalue weighted by Gasteiger charge is -2.22. The maximum absolute atomic E-state index is 4.41. The predicted molar refractivity (Wildman–Crippen MR) is 70.2 cm³/mol. The third kappa shape index (κ3) is 4.06. The molecule has 92 valence electrons. The van der Waals surface area contributed by atoms with Crippen LogP contribution in [0.2, 0.25) is 0 Å². The van der Waals surface area contributed by atoms with Crippen LogP contribution in [0.1, 0.15) is 33.5 Å². The molecule has 1 rings (SSSR count). The first-order valence-electron chi connectivity index (χ1n) is 6.01. The summed E-state index contributed by atoms with van der Waals surface area (Å²) in [5, 5.41) is 4.34. The van der Waals surface area contributed by atoms with Crippen LogP contribution < -0.4 is 5.32 Å². The molecule has 0 bridgehead atoms. The summed E-state index contributed by atoms with van der Waals surface area (Å²) >= 11 is 1.45. The maximum Gasteiger partial charge on any atom is 0.202 e. The molecule has 0 spiro atoms. The molecule has 4 nitrogen and oxygen atoms in total. The van der Waals surface area contributed by atoms with Gasteiger partial charge >= 0.3 is 0 Å². The van der Waals surface area contributed by atoms with E-state index in [-0.39, 0.29) is 0 Å². The first-order chi connectivity index (χ1) is 7.69. The van der Waals surface area contributed by atoms with E-state index in [1.54, 1.807) is 0 Å². The van der Waals surface area contributed by atoms with E-state index in [2.05, 4.69) is 47.3 Å². The lowest BCUT2D eigenvalue weighted by molar-refractivity contribution is 0.295. The fraction of sp³-hybridized carbons (Fsp3) is 0.818. The summed E-state index contributed by atoms with van der Waals surface area (Å²) in [7, 11) is 0. The van der Waals surface area contributed by atoms with Crippen LogP contribution in [0.4, 0.5) is 5.13 Å². The zero-order valence-corrected chi connectivity index (χ0v) is 11.5. The van der Waals surface area contributed by atoms with Gasteiger partial charge in [-0.25, -0.2) is 4.98 Å². The number of aromatic nitrogens is 2.